The van der Waals surface area contributed by atoms with Crippen molar-refractivity contribution in [3.63, 3.8) is 0 Å². The SMILES string of the molecule is C=C1N(C)C(=S)N2CCCCN12. The van der Waals surface area contributed by atoms with Crippen LogP contribution in [0.25, 0.3) is 0 Å². The van der Waals surface area contributed by atoms with Gasteiger partial charge in [-0.25, -0.2) is 0 Å². The topological polar surface area (TPSA) is 9.72 Å². The van der Waals surface area contributed by atoms with Crippen LogP contribution in [0.15, 0.2) is 12.4 Å². The van der Waals surface area contributed by atoms with E-state index in [1.54, 1.807) is 0 Å². The Balaban J connectivity index is 2.25. The Kier molecular flexibility index (Phi) is 1.72. The second-order valence-electron chi connectivity index (χ2n) is 3.21. The number of hydrazine groups is 1. The number of hydrogen-bond acceptors (Lipinski definition) is 2. The Hall–Kier alpha value is -0.770. The van der Waals surface area contributed by atoms with E-state index >= 15 is 0 Å². The average molecular weight is 183 g/mol. The van der Waals surface area contributed by atoms with Crippen molar-refractivity contribution in [2.24, 2.45) is 0 Å². The van der Waals surface area contributed by atoms with Crippen molar-refractivity contribution in [1.29, 1.82) is 0 Å². The summed E-state index contributed by atoms with van der Waals surface area (Å²) in [6.45, 7) is 6.10. The molecule has 3 nitrogen and oxygen atoms in total. The molecule has 0 amide bonds. The summed E-state index contributed by atoms with van der Waals surface area (Å²) in [5, 5.41) is 5.20. The normalized spacial score (nSPS) is 23.6. The number of thiocarbonyl (C=S) groups is 1. The number of fused-ring (bicyclic) bond motifs is 1. The molecule has 0 N–H and O–H groups in total. The largest absolute Gasteiger partial charge is 0.306 e. The zero-order valence-corrected chi connectivity index (χ0v) is 8.10. The maximum Gasteiger partial charge on any atom is 0.196 e. The van der Waals surface area contributed by atoms with Crippen LogP contribution in [0.5, 0.6) is 0 Å². The highest BCUT2D eigenvalue weighted by atomic mass is 32.1. The van der Waals surface area contributed by atoms with E-state index in [2.05, 4.69) is 16.6 Å². The highest BCUT2D eigenvalue weighted by Crippen LogP contribution is 2.25. The van der Waals surface area contributed by atoms with Gasteiger partial charge in [0.25, 0.3) is 0 Å². The van der Waals surface area contributed by atoms with Gasteiger partial charge in [-0.05, 0) is 25.1 Å². The fourth-order valence-corrected chi connectivity index (χ4v) is 1.98. The van der Waals surface area contributed by atoms with E-state index in [9.17, 15) is 0 Å². The minimum atomic E-state index is 0.889. The van der Waals surface area contributed by atoms with Crippen LogP contribution in [0.3, 0.4) is 0 Å². The van der Waals surface area contributed by atoms with E-state index in [-0.39, 0.29) is 0 Å². The Labute approximate surface area is 78.2 Å². The Morgan fingerprint density at radius 1 is 1.25 bits per heavy atom. The Morgan fingerprint density at radius 2 is 1.83 bits per heavy atom. The van der Waals surface area contributed by atoms with E-state index in [4.69, 9.17) is 12.2 Å². The zero-order chi connectivity index (χ0) is 8.72. The van der Waals surface area contributed by atoms with Crippen LogP contribution in [-0.2, 0) is 0 Å². The maximum absolute atomic E-state index is 5.27. The van der Waals surface area contributed by atoms with Gasteiger partial charge in [0.15, 0.2) is 5.11 Å². The van der Waals surface area contributed by atoms with Gasteiger partial charge in [0.1, 0.15) is 5.82 Å². The molecule has 2 rings (SSSR count). The molecule has 2 aliphatic heterocycles. The lowest BCUT2D eigenvalue weighted by Gasteiger charge is -2.33. The second kappa shape index (κ2) is 2.62. The molecule has 0 aliphatic carbocycles. The Bertz CT molecular complexity index is 214. The molecule has 0 spiro atoms. The van der Waals surface area contributed by atoms with Gasteiger partial charge in [-0.1, -0.05) is 6.58 Å². The van der Waals surface area contributed by atoms with Gasteiger partial charge < -0.3 is 4.90 Å². The summed E-state index contributed by atoms with van der Waals surface area (Å²) in [5.41, 5.74) is 0. The van der Waals surface area contributed by atoms with Crippen molar-refractivity contribution in [3.8, 4) is 0 Å². The smallest absolute Gasteiger partial charge is 0.196 e. The van der Waals surface area contributed by atoms with Crippen LogP contribution < -0.4 is 0 Å². The standard InChI is InChI=1S/C8H13N3S/c1-7-9(2)8(12)11-6-4-3-5-10(7)11/h1,3-6H2,2H3. The third-order valence-corrected chi connectivity index (χ3v) is 2.96. The summed E-state index contributed by atoms with van der Waals surface area (Å²) < 4.78 is 0. The first-order chi connectivity index (χ1) is 5.72. The first-order valence-electron chi connectivity index (χ1n) is 4.23. The molecule has 0 atom stereocenters. The van der Waals surface area contributed by atoms with Crippen molar-refractivity contribution < 1.29 is 0 Å². The molecule has 0 aromatic heterocycles. The molecule has 12 heavy (non-hydrogen) atoms. The van der Waals surface area contributed by atoms with Crippen LogP contribution in [0.1, 0.15) is 12.8 Å². The van der Waals surface area contributed by atoms with Crippen molar-refractivity contribution in [3.05, 3.63) is 12.4 Å². The first kappa shape index (κ1) is 7.86. The molecule has 4 heteroatoms. The molecule has 0 unspecified atom stereocenters. The van der Waals surface area contributed by atoms with E-state index in [0.717, 1.165) is 24.0 Å². The third-order valence-electron chi connectivity index (χ3n) is 2.47. The van der Waals surface area contributed by atoms with Gasteiger partial charge in [-0.15, -0.1) is 0 Å². The van der Waals surface area contributed by atoms with Crippen LogP contribution in [0.2, 0.25) is 0 Å². The molecule has 0 radical (unpaired) electrons. The Morgan fingerprint density at radius 3 is 2.42 bits per heavy atom. The molecule has 2 fully saturated rings. The maximum atomic E-state index is 5.27. The van der Waals surface area contributed by atoms with E-state index in [1.807, 2.05) is 11.9 Å². The molecule has 2 saturated heterocycles. The molecule has 2 heterocycles. The monoisotopic (exact) mass is 183 g/mol. The summed E-state index contributed by atoms with van der Waals surface area (Å²) in [4.78, 5) is 1.97. The summed E-state index contributed by atoms with van der Waals surface area (Å²) >= 11 is 5.27. The van der Waals surface area contributed by atoms with Gasteiger partial charge in [0, 0.05) is 20.1 Å². The number of rotatable bonds is 0. The van der Waals surface area contributed by atoms with E-state index in [0.29, 0.717) is 0 Å². The van der Waals surface area contributed by atoms with Gasteiger partial charge in [0.05, 0.1) is 0 Å². The van der Waals surface area contributed by atoms with Crippen molar-refractivity contribution in [2.75, 3.05) is 20.1 Å². The molecule has 2 aliphatic rings. The third kappa shape index (κ3) is 0.909. The quantitative estimate of drug-likeness (QED) is 0.518. The highest BCUT2D eigenvalue weighted by molar-refractivity contribution is 7.80. The fraction of sp³-hybridized carbons (Fsp3) is 0.625. The summed E-state index contributed by atoms with van der Waals surface area (Å²) in [6, 6.07) is 0. The van der Waals surface area contributed by atoms with Crippen molar-refractivity contribution >= 4 is 17.3 Å². The van der Waals surface area contributed by atoms with Crippen molar-refractivity contribution in [2.45, 2.75) is 12.8 Å². The molecule has 66 valence electrons. The lowest BCUT2D eigenvalue weighted by Crippen LogP contribution is -2.42. The molecular formula is C8H13N3S. The van der Waals surface area contributed by atoms with Gasteiger partial charge in [0.2, 0.25) is 0 Å². The predicted molar refractivity (Wildman–Crippen MR) is 52.1 cm³/mol. The average Bonchev–Trinajstić information content (AvgIpc) is 2.33. The minimum Gasteiger partial charge on any atom is -0.306 e. The predicted octanol–water partition coefficient (Wildman–Crippen LogP) is 1.00. The fourth-order valence-electron chi connectivity index (χ4n) is 1.69. The van der Waals surface area contributed by atoms with Crippen LogP contribution in [0.4, 0.5) is 0 Å². The van der Waals surface area contributed by atoms with Crippen molar-refractivity contribution in [1.82, 2.24) is 14.9 Å². The number of hydrogen-bond donors (Lipinski definition) is 0. The molecule has 0 aromatic carbocycles. The van der Waals surface area contributed by atoms with Gasteiger partial charge in [-0.2, -0.15) is 0 Å². The molecule has 0 aromatic rings. The second-order valence-corrected chi connectivity index (χ2v) is 3.58. The van der Waals surface area contributed by atoms with Gasteiger partial charge >= 0.3 is 0 Å². The first-order valence-corrected chi connectivity index (χ1v) is 4.64. The summed E-state index contributed by atoms with van der Waals surface area (Å²) in [6.07, 6.45) is 2.48. The minimum absolute atomic E-state index is 0.889. The highest BCUT2D eigenvalue weighted by Gasteiger charge is 2.34. The van der Waals surface area contributed by atoms with Crippen LogP contribution in [-0.4, -0.2) is 40.2 Å². The number of nitrogens with zero attached hydrogens (tertiary/aromatic N) is 3. The van der Waals surface area contributed by atoms with Crippen LogP contribution >= 0.6 is 12.2 Å². The zero-order valence-electron chi connectivity index (χ0n) is 7.29. The molecular weight excluding hydrogens is 170 g/mol. The molecule has 0 saturated carbocycles. The summed E-state index contributed by atoms with van der Waals surface area (Å²) in [7, 11) is 1.98. The molecule has 0 bridgehead atoms. The van der Waals surface area contributed by atoms with E-state index < -0.39 is 0 Å². The lowest BCUT2D eigenvalue weighted by molar-refractivity contribution is 0.0728. The lowest BCUT2D eigenvalue weighted by atomic mass is 10.2. The van der Waals surface area contributed by atoms with Gasteiger partial charge in [-0.3, -0.25) is 10.0 Å². The van der Waals surface area contributed by atoms with E-state index in [1.165, 1.54) is 12.8 Å². The summed E-state index contributed by atoms with van der Waals surface area (Å²) in [5.74, 6) is 1.01. The van der Waals surface area contributed by atoms with Crippen LogP contribution in [0, 0.1) is 0 Å².